The molecule has 1 amide bonds. The van der Waals surface area contributed by atoms with Crippen LogP contribution < -0.4 is 5.32 Å². The molecule has 1 atom stereocenters. The molecule has 24 heavy (non-hydrogen) atoms. The van der Waals surface area contributed by atoms with Gasteiger partial charge in [-0.15, -0.1) is 0 Å². The molecule has 0 aliphatic rings. The van der Waals surface area contributed by atoms with E-state index in [0.29, 0.717) is 12.1 Å². The summed E-state index contributed by atoms with van der Waals surface area (Å²) in [5.41, 5.74) is 2.48. The summed E-state index contributed by atoms with van der Waals surface area (Å²) < 4.78 is 4.67. The number of benzene rings is 2. The van der Waals surface area contributed by atoms with Crippen molar-refractivity contribution < 1.29 is 14.3 Å². The largest absolute Gasteiger partial charge is 0.465 e. The minimum atomic E-state index is -0.363. The molecule has 2 aromatic carbocycles. The summed E-state index contributed by atoms with van der Waals surface area (Å²) in [4.78, 5) is 24.0. The number of nitrogens with one attached hydrogen (secondary N) is 1. The van der Waals surface area contributed by atoms with Crippen LogP contribution in [-0.4, -0.2) is 19.0 Å². The molecule has 4 heteroatoms. The summed E-state index contributed by atoms with van der Waals surface area (Å²) in [6, 6.07) is 16.9. The first-order chi connectivity index (χ1) is 11.7. The topological polar surface area (TPSA) is 55.4 Å². The van der Waals surface area contributed by atoms with Crippen molar-refractivity contribution in [2.45, 2.75) is 32.2 Å². The Labute approximate surface area is 142 Å². The first-order valence-electron chi connectivity index (χ1n) is 8.15. The molecule has 0 heterocycles. The molecule has 126 valence electrons. The minimum Gasteiger partial charge on any atom is -0.465 e. The Morgan fingerprint density at radius 2 is 1.71 bits per heavy atom. The summed E-state index contributed by atoms with van der Waals surface area (Å²) in [6.45, 7) is 2.52. The van der Waals surface area contributed by atoms with Gasteiger partial charge in [-0.05, 0) is 29.7 Å². The normalized spacial score (nSPS) is 11.6. The Hall–Kier alpha value is -2.62. The second-order valence-corrected chi connectivity index (χ2v) is 5.66. The van der Waals surface area contributed by atoms with Gasteiger partial charge in [0.15, 0.2) is 0 Å². The number of hydrogen-bond donors (Lipinski definition) is 1. The second kappa shape index (κ2) is 8.87. The smallest absolute Gasteiger partial charge is 0.337 e. The van der Waals surface area contributed by atoms with E-state index in [4.69, 9.17) is 0 Å². The first kappa shape index (κ1) is 17.7. The second-order valence-electron chi connectivity index (χ2n) is 5.66. The molecule has 2 aromatic rings. The van der Waals surface area contributed by atoms with Gasteiger partial charge in [0.1, 0.15) is 0 Å². The van der Waals surface area contributed by atoms with Crippen LogP contribution in [0, 0.1) is 0 Å². The van der Waals surface area contributed by atoms with Crippen molar-refractivity contribution in [3.8, 4) is 0 Å². The van der Waals surface area contributed by atoms with Crippen molar-refractivity contribution in [2.24, 2.45) is 0 Å². The fourth-order valence-corrected chi connectivity index (χ4v) is 2.61. The first-order valence-corrected chi connectivity index (χ1v) is 8.15. The van der Waals surface area contributed by atoms with Crippen molar-refractivity contribution in [1.82, 2.24) is 5.32 Å². The van der Waals surface area contributed by atoms with Gasteiger partial charge in [-0.1, -0.05) is 55.8 Å². The number of esters is 1. The minimum absolute atomic E-state index is 0.0279. The van der Waals surface area contributed by atoms with Crippen LogP contribution in [0.1, 0.15) is 47.2 Å². The third kappa shape index (κ3) is 4.69. The number of carbonyl (C=O) groups excluding carboxylic acids is 2. The summed E-state index contributed by atoms with van der Waals surface area (Å²) in [6.07, 6.45) is 1.76. The van der Waals surface area contributed by atoms with Crippen molar-refractivity contribution in [2.75, 3.05) is 7.11 Å². The average Bonchev–Trinajstić information content (AvgIpc) is 2.64. The number of methoxy groups -OCH3 is 1. The van der Waals surface area contributed by atoms with Crippen molar-refractivity contribution in [1.29, 1.82) is 0 Å². The summed E-state index contributed by atoms with van der Waals surface area (Å²) in [5, 5.41) is 2.99. The molecule has 0 saturated heterocycles. The summed E-state index contributed by atoms with van der Waals surface area (Å²) >= 11 is 0. The van der Waals surface area contributed by atoms with Gasteiger partial charge in [-0.25, -0.2) is 4.79 Å². The SMILES string of the molecule is CCC[C@H](C(=O)NCc1ccc(C(=O)OC)cc1)c1ccccc1. The van der Waals surface area contributed by atoms with E-state index >= 15 is 0 Å². The van der Waals surface area contributed by atoms with E-state index in [9.17, 15) is 9.59 Å². The van der Waals surface area contributed by atoms with Crippen LogP contribution in [0.2, 0.25) is 0 Å². The lowest BCUT2D eigenvalue weighted by atomic mass is 9.93. The predicted molar refractivity (Wildman–Crippen MR) is 93.7 cm³/mol. The van der Waals surface area contributed by atoms with E-state index < -0.39 is 0 Å². The van der Waals surface area contributed by atoms with Gasteiger partial charge in [-0.2, -0.15) is 0 Å². The third-order valence-electron chi connectivity index (χ3n) is 3.94. The summed E-state index contributed by atoms with van der Waals surface area (Å²) in [5.74, 6) is -0.469. The van der Waals surface area contributed by atoms with Gasteiger partial charge in [0.2, 0.25) is 5.91 Å². The molecule has 1 N–H and O–H groups in total. The van der Waals surface area contributed by atoms with Crippen LogP contribution >= 0.6 is 0 Å². The quantitative estimate of drug-likeness (QED) is 0.790. The Kier molecular flexibility index (Phi) is 6.55. The van der Waals surface area contributed by atoms with E-state index in [0.717, 1.165) is 24.0 Å². The summed E-state index contributed by atoms with van der Waals surface area (Å²) in [7, 11) is 1.36. The zero-order valence-electron chi connectivity index (χ0n) is 14.1. The van der Waals surface area contributed by atoms with Gasteiger partial charge >= 0.3 is 5.97 Å². The number of rotatable bonds is 7. The van der Waals surface area contributed by atoms with Crippen molar-refractivity contribution in [3.63, 3.8) is 0 Å². The zero-order chi connectivity index (χ0) is 17.4. The van der Waals surface area contributed by atoms with Crippen LogP contribution in [0.15, 0.2) is 54.6 Å². The van der Waals surface area contributed by atoms with E-state index in [-0.39, 0.29) is 17.8 Å². The number of hydrogen-bond acceptors (Lipinski definition) is 3. The lowest BCUT2D eigenvalue weighted by molar-refractivity contribution is -0.122. The predicted octanol–water partition coefficient (Wildman–Crippen LogP) is 3.67. The lowest BCUT2D eigenvalue weighted by Gasteiger charge is -2.16. The molecule has 0 fully saturated rings. The molecule has 0 unspecified atom stereocenters. The highest BCUT2D eigenvalue weighted by Crippen LogP contribution is 2.21. The highest BCUT2D eigenvalue weighted by Gasteiger charge is 2.19. The molecular formula is C20H23NO3. The molecule has 0 spiro atoms. The molecule has 0 aliphatic carbocycles. The molecule has 4 nitrogen and oxygen atoms in total. The van der Waals surface area contributed by atoms with Gasteiger partial charge in [0.05, 0.1) is 18.6 Å². The number of carbonyl (C=O) groups is 2. The fraction of sp³-hybridized carbons (Fsp3) is 0.300. The highest BCUT2D eigenvalue weighted by atomic mass is 16.5. The highest BCUT2D eigenvalue weighted by molar-refractivity contribution is 5.89. The molecule has 0 aromatic heterocycles. The third-order valence-corrected chi connectivity index (χ3v) is 3.94. The van der Waals surface area contributed by atoms with Gasteiger partial charge in [0.25, 0.3) is 0 Å². The van der Waals surface area contributed by atoms with Gasteiger partial charge in [-0.3, -0.25) is 4.79 Å². The maximum atomic E-state index is 12.5. The molecule has 0 radical (unpaired) electrons. The van der Waals surface area contributed by atoms with Crippen LogP contribution in [0.4, 0.5) is 0 Å². The monoisotopic (exact) mass is 325 g/mol. The number of amides is 1. The van der Waals surface area contributed by atoms with Crippen LogP contribution in [0.25, 0.3) is 0 Å². The van der Waals surface area contributed by atoms with E-state index in [1.54, 1.807) is 12.1 Å². The molecular weight excluding hydrogens is 302 g/mol. The average molecular weight is 325 g/mol. The lowest BCUT2D eigenvalue weighted by Crippen LogP contribution is -2.29. The van der Waals surface area contributed by atoms with E-state index in [2.05, 4.69) is 17.0 Å². The number of ether oxygens (including phenoxy) is 1. The molecule has 0 saturated carbocycles. The van der Waals surface area contributed by atoms with Crippen molar-refractivity contribution in [3.05, 3.63) is 71.3 Å². The van der Waals surface area contributed by atoms with Gasteiger partial charge in [0, 0.05) is 6.54 Å². The molecule has 2 rings (SSSR count). The van der Waals surface area contributed by atoms with Gasteiger partial charge < -0.3 is 10.1 Å². The van der Waals surface area contributed by atoms with Crippen molar-refractivity contribution >= 4 is 11.9 Å². The Morgan fingerprint density at radius 1 is 1.04 bits per heavy atom. The van der Waals surface area contributed by atoms with Crippen LogP contribution in [0.3, 0.4) is 0 Å². The fourth-order valence-electron chi connectivity index (χ4n) is 2.61. The Morgan fingerprint density at radius 3 is 2.29 bits per heavy atom. The Bertz CT molecular complexity index is 665. The molecule has 0 aliphatic heterocycles. The maximum absolute atomic E-state index is 12.5. The molecule has 0 bridgehead atoms. The standard InChI is InChI=1S/C20H23NO3/c1-3-7-18(16-8-5-4-6-9-16)19(22)21-14-15-10-12-17(13-11-15)20(23)24-2/h4-6,8-13,18H,3,7,14H2,1-2H3,(H,21,22)/t18-/m0/s1. The zero-order valence-corrected chi connectivity index (χ0v) is 14.1. The Balaban J connectivity index is 1.99. The van der Waals surface area contributed by atoms with E-state index in [1.807, 2.05) is 42.5 Å². The van der Waals surface area contributed by atoms with Crippen LogP contribution in [0.5, 0.6) is 0 Å². The van der Waals surface area contributed by atoms with Crippen LogP contribution in [-0.2, 0) is 16.1 Å². The van der Waals surface area contributed by atoms with E-state index in [1.165, 1.54) is 7.11 Å². The maximum Gasteiger partial charge on any atom is 0.337 e.